The molecule has 0 spiro atoms. The maximum Gasteiger partial charge on any atom is 0.321 e. The fourth-order valence-corrected chi connectivity index (χ4v) is 3.02. The van der Waals surface area contributed by atoms with Gasteiger partial charge in [-0.05, 0) is 25.3 Å². The molecule has 1 heterocycles. The van der Waals surface area contributed by atoms with Crippen molar-refractivity contribution in [3.8, 4) is 0 Å². The van der Waals surface area contributed by atoms with E-state index in [9.17, 15) is 18.7 Å². The number of urea groups is 1. The van der Waals surface area contributed by atoms with E-state index in [1.807, 2.05) is 12.3 Å². The Morgan fingerprint density at radius 3 is 2.80 bits per heavy atom. The number of carbonyl (C=O) groups is 1. The molecule has 25 heavy (non-hydrogen) atoms. The first-order valence-corrected chi connectivity index (χ1v) is 8.79. The second-order valence-corrected chi connectivity index (χ2v) is 6.95. The SMILES string of the molecule is CCC(C)c1csc(NC(=O)NCC(C)(O)c2ccc(F)cc2F)n1. The van der Waals surface area contributed by atoms with E-state index in [0.29, 0.717) is 17.1 Å². The number of hydrogen-bond donors (Lipinski definition) is 3. The van der Waals surface area contributed by atoms with E-state index in [4.69, 9.17) is 0 Å². The maximum atomic E-state index is 13.8. The lowest BCUT2D eigenvalue weighted by molar-refractivity contribution is 0.0561. The summed E-state index contributed by atoms with van der Waals surface area (Å²) in [5, 5.41) is 17.7. The third-order valence-corrected chi connectivity index (χ3v) is 4.74. The molecule has 0 saturated heterocycles. The molecule has 0 bridgehead atoms. The predicted molar refractivity (Wildman–Crippen MR) is 93.8 cm³/mol. The minimum absolute atomic E-state index is 0.0949. The Hall–Kier alpha value is -2.06. The van der Waals surface area contributed by atoms with E-state index in [0.717, 1.165) is 24.2 Å². The van der Waals surface area contributed by atoms with Gasteiger partial charge in [-0.25, -0.2) is 18.6 Å². The smallest absolute Gasteiger partial charge is 0.321 e. The lowest BCUT2D eigenvalue weighted by Gasteiger charge is -2.24. The van der Waals surface area contributed by atoms with Gasteiger partial charge in [0, 0.05) is 17.0 Å². The van der Waals surface area contributed by atoms with Crippen molar-refractivity contribution in [2.45, 2.75) is 38.7 Å². The Balaban J connectivity index is 1.95. The van der Waals surface area contributed by atoms with Crippen LogP contribution in [0, 0.1) is 11.6 Å². The van der Waals surface area contributed by atoms with Gasteiger partial charge in [0.15, 0.2) is 5.13 Å². The minimum atomic E-state index is -1.68. The highest BCUT2D eigenvalue weighted by atomic mass is 32.1. The number of benzene rings is 1. The summed E-state index contributed by atoms with van der Waals surface area (Å²) >= 11 is 1.31. The van der Waals surface area contributed by atoms with Gasteiger partial charge in [0.2, 0.25) is 0 Å². The molecule has 1 aromatic carbocycles. The second-order valence-electron chi connectivity index (χ2n) is 6.09. The van der Waals surface area contributed by atoms with Crippen molar-refractivity contribution in [2.75, 3.05) is 11.9 Å². The van der Waals surface area contributed by atoms with Crippen molar-refractivity contribution in [1.82, 2.24) is 10.3 Å². The van der Waals surface area contributed by atoms with Crippen molar-refractivity contribution in [3.63, 3.8) is 0 Å². The lowest BCUT2D eigenvalue weighted by Crippen LogP contribution is -2.41. The number of halogens is 2. The third kappa shape index (κ3) is 4.96. The number of aliphatic hydroxyl groups is 1. The van der Waals surface area contributed by atoms with Crippen molar-refractivity contribution >= 4 is 22.5 Å². The summed E-state index contributed by atoms with van der Waals surface area (Å²) in [7, 11) is 0. The highest BCUT2D eigenvalue weighted by Gasteiger charge is 2.27. The lowest BCUT2D eigenvalue weighted by atomic mass is 9.95. The van der Waals surface area contributed by atoms with Crippen LogP contribution in [0.2, 0.25) is 0 Å². The number of hydrogen-bond acceptors (Lipinski definition) is 4. The molecule has 2 aromatic rings. The monoisotopic (exact) mass is 369 g/mol. The third-order valence-electron chi connectivity index (χ3n) is 3.96. The molecule has 2 amide bonds. The molecule has 136 valence electrons. The van der Waals surface area contributed by atoms with E-state index in [1.165, 1.54) is 18.3 Å². The Kier molecular flexibility index (Phi) is 6.07. The van der Waals surface area contributed by atoms with Crippen LogP contribution in [0.1, 0.15) is 44.4 Å². The number of thiazole rings is 1. The number of amides is 2. The first kappa shape index (κ1) is 19.3. The fraction of sp³-hybridized carbons (Fsp3) is 0.412. The van der Waals surface area contributed by atoms with Gasteiger partial charge < -0.3 is 10.4 Å². The summed E-state index contributed by atoms with van der Waals surface area (Å²) < 4.78 is 26.8. The average molecular weight is 369 g/mol. The number of nitrogens with zero attached hydrogens (tertiary/aromatic N) is 1. The van der Waals surface area contributed by atoms with Crippen LogP contribution in [-0.2, 0) is 5.60 Å². The highest BCUT2D eigenvalue weighted by molar-refractivity contribution is 7.13. The van der Waals surface area contributed by atoms with Crippen molar-refractivity contribution in [1.29, 1.82) is 0 Å². The zero-order valence-corrected chi connectivity index (χ0v) is 15.1. The summed E-state index contributed by atoms with van der Waals surface area (Å²) in [4.78, 5) is 16.3. The molecule has 0 fully saturated rings. The number of carbonyl (C=O) groups excluding carboxylic acids is 1. The molecule has 1 aromatic heterocycles. The van der Waals surface area contributed by atoms with Crippen molar-refractivity contribution in [3.05, 3.63) is 46.5 Å². The van der Waals surface area contributed by atoms with E-state index in [-0.39, 0.29) is 12.1 Å². The van der Waals surface area contributed by atoms with Crippen LogP contribution >= 0.6 is 11.3 Å². The van der Waals surface area contributed by atoms with Crippen molar-refractivity contribution < 1.29 is 18.7 Å². The van der Waals surface area contributed by atoms with E-state index >= 15 is 0 Å². The topological polar surface area (TPSA) is 74.2 Å². The fourth-order valence-electron chi connectivity index (χ4n) is 2.19. The van der Waals surface area contributed by atoms with Gasteiger partial charge in [-0.1, -0.05) is 19.9 Å². The average Bonchev–Trinajstić information content (AvgIpc) is 3.00. The van der Waals surface area contributed by atoms with Gasteiger partial charge in [0.1, 0.15) is 17.2 Å². The first-order chi connectivity index (χ1) is 11.7. The molecule has 2 atom stereocenters. The normalized spacial score (nSPS) is 14.6. The Labute approximate surface area is 149 Å². The van der Waals surface area contributed by atoms with Crippen LogP contribution in [0.15, 0.2) is 23.6 Å². The molecular weight excluding hydrogens is 348 g/mol. The number of anilines is 1. The molecule has 5 nitrogen and oxygen atoms in total. The van der Waals surface area contributed by atoms with E-state index in [1.54, 1.807) is 0 Å². The van der Waals surface area contributed by atoms with Gasteiger partial charge in [0.25, 0.3) is 0 Å². The molecule has 0 aliphatic rings. The van der Waals surface area contributed by atoms with Crippen LogP contribution in [0.25, 0.3) is 0 Å². The molecule has 2 unspecified atom stereocenters. The van der Waals surface area contributed by atoms with Crippen LogP contribution in [-0.4, -0.2) is 22.7 Å². The standard InChI is InChI=1S/C17H21F2N3O2S/c1-4-10(2)14-8-25-16(21-14)22-15(23)20-9-17(3,24)12-6-5-11(18)7-13(12)19/h5-8,10,24H,4,9H2,1-3H3,(H2,20,21,22,23). The summed E-state index contributed by atoms with van der Waals surface area (Å²) in [6.45, 7) is 5.20. The predicted octanol–water partition coefficient (Wildman–Crippen LogP) is 3.96. The quantitative estimate of drug-likeness (QED) is 0.721. The maximum absolute atomic E-state index is 13.8. The van der Waals surface area contributed by atoms with Crippen LogP contribution < -0.4 is 10.6 Å². The number of aromatic nitrogens is 1. The molecular formula is C17H21F2N3O2S. The molecule has 0 saturated carbocycles. The number of nitrogens with one attached hydrogen (secondary N) is 2. The van der Waals surface area contributed by atoms with Gasteiger partial charge in [-0.3, -0.25) is 5.32 Å². The zero-order chi connectivity index (χ0) is 18.6. The van der Waals surface area contributed by atoms with Gasteiger partial charge >= 0.3 is 6.03 Å². The van der Waals surface area contributed by atoms with Crippen LogP contribution in [0.5, 0.6) is 0 Å². The highest BCUT2D eigenvalue weighted by Crippen LogP contribution is 2.25. The van der Waals surface area contributed by atoms with E-state index < -0.39 is 23.3 Å². The molecule has 2 rings (SSSR count). The van der Waals surface area contributed by atoms with Crippen molar-refractivity contribution in [2.24, 2.45) is 0 Å². The summed E-state index contributed by atoms with van der Waals surface area (Å²) in [6.07, 6.45) is 0.946. The minimum Gasteiger partial charge on any atom is -0.383 e. The molecule has 0 aliphatic carbocycles. The zero-order valence-electron chi connectivity index (χ0n) is 14.3. The Morgan fingerprint density at radius 2 is 2.16 bits per heavy atom. The summed E-state index contributed by atoms with van der Waals surface area (Å²) in [5.74, 6) is -1.30. The Bertz CT molecular complexity index is 749. The molecule has 3 N–H and O–H groups in total. The first-order valence-electron chi connectivity index (χ1n) is 7.91. The summed E-state index contributed by atoms with van der Waals surface area (Å²) in [6, 6.07) is 2.34. The largest absolute Gasteiger partial charge is 0.383 e. The van der Waals surface area contributed by atoms with Gasteiger partial charge in [0.05, 0.1) is 12.2 Å². The molecule has 8 heteroatoms. The Morgan fingerprint density at radius 1 is 1.44 bits per heavy atom. The summed E-state index contributed by atoms with van der Waals surface area (Å²) in [5.41, 5.74) is -0.870. The molecule has 0 radical (unpaired) electrons. The van der Waals surface area contributed by atoms with Gasteiger partial charge in [-0.2, -0.15) is 0 Å². The van der Waals surface area contributed by atoms with Gasteiger partial charge in [-0.15, -0.1) is 11.3 Å². The second kappa shape index (κ2) is 7.88. The van der Waals surface area contributed by atoms with E-state index in [2.05, 4.69) is 22.5 Å². The van der Waals surface area contributed by atoms with Crippen LogP contribution in [0.4, 0.5) is 18.7 Å². The molecule has 0 aliphatic heterocycles. The number of rotatable bonds is 6. The van der Waals surface area contributed by atoms with Crippen LogP contribution in [0.3, 0.4) is 0 Å².